The molecule has 0 saturated heterocycles. The van der Waals surface area contributed by atoms with E-state index in [2.05, 4.69) is 5.32 Å². The summed E-state index contributed by atoms with van der Waals surface area (Å²) < 4.78 is 10.5. The summed E-state index contributed by atoms with van der Waals surface area (Å²) in [6.07, 6.45) is 0.908. The maximum atomic E-state index is 9.24. The molecule has 0 aliphatic carbocycles. The van der Waals surface area contributed by atoms with E-state index >= 15 is 0 Å². The van der Waals surface area contributed by atoms with Crippen LogP contribution in [0.5, 0.6) is 0 Å². The molecular weight excluding hydrogens is 194 g/mol. The summed E-state index contributed by atoms with van der Waals surface area (Å²) in [5.41, 5.74) is -0.235. The third-order valence-corrected chi connectivity index (χ3v) is 2.41. The zero-order valence-corrected chi connectivity index (χ0v) is 10.4. The van der Waals surface area contributed by atoms with Crippen molar-refractivity contribution in [3.8, 4) is 0 Å². The molecule has 0 aliphatic heterocycles. The smallest absolute Gasteiger partial charge is 0.0780 e. The molecule has 0 aromatic carbocycles. The highest BCUT2D eigenvalue weighted by Crippen LogP contribution is 2.09. The Bertz CT molecular complexity index is 155. The molecule has 4 nitrogen and oxygen atoms in total. The van der Waals surface area contributed by atoms with E-state index in [4.69, 9.17) is 9.47 Å². The summed E-state index contributed by atoms with van der Waals surface area (Å²) in [4.78, 5) is 0. The number of aliphatic hydroxyl groups excluding tert-OH is 1. The van der Waals surface area contributed by atoms with Gasteiger partial charge in [0, 0.05) is 19.3 Å². The van der Waals surface area contributed by atoms with Crippen LogP contribution in [0.3, 0.4) is 0 Å². The Labute approximate surface area is 93.0 Å². The van der Waals surface area contributed by atoms with Crippen LogP contribution in [-0.4, -0.2) is 50.2 Å². The summed E-state index contributed by atoms with van der Waals surface area (Å²) in [5, 5.41) is 12.5. The van der Waals surface area contributed by atoms with E-state index in [9.17, 15) is 5.11 Å². The number of likely N-dealkylation sites (N-methyl/N-ethyl adjacent to an activating group) is 1. The topological polar surface area (TPSA) is 50.7 Å². The van der Waals surface area contributed by atoms with Gasteiger partial charge in [-0.15, -0.1) is 0 Å². The Hall–Kier alpha value is -0.160. The van der Waals surface area contributed by atoms with Crippen LogP contribution in [0.25, 0.3) is 0 Å². The van der Waals surface area contributed by atoms with E-state index in [1.54, 1.807) is 7.11 Å². The number of hydrogen-bond donors (Lipinski definition) is 2. The SMILES string of the molecule is CCNC(C)(CO)CCOC(C)COC. The van der Waals surface area contributed by atoms with Crippen molar-refractivity contribution in [2.75, 3.05) is 33.5 Å². The molecule has 92 valence electrons. The predicted molar refractivity (Wildman–Crippen MR) is 61.1 cm³/mol. The van der Waals surface area contributed by atoms with Gasteiger partial charge in [0.25, 0.3) is 0 Å². The zero-order chi connectivity index (χ0) is 11.7. The Balaban J connectivity index is 3.71. The van der Waals surface area contributed by atoms with Crippen LogP contribution < -0.4 is 5.32 Å². The quantitative estimate of drug-likeness (QED) is 0.602. The van der Waals surface area contributed by atoms with Gasteiger partial charge in [0.1, 0.15) is 0 Å². The number of ether oxygens (including phenoxy) is 2. The third kappa shape index (κ3) is 6.84. The molecule has 2 unspecified atom stereocenters. The third-order valence-electron chi connectivity index (χ3n) is 2.41. The summed E-state index contributed by atoms with van der Waals surface area (Å²) in [6, 6.07) is 0. The molecule has 0 aromatic heterocycles. The van der Waals surface area contributed by atoms with E-state index in [-0.39, 0.29) is 18.2 Å². The minimum Gasteiger partial charge on any atom is -0.394 e. The molecule has 0 heterocycles. The first-order chi connectivity index (χ1) is 7.08. The molecule has 0 spiro atoms. The van der Waals surface area contributed by atoms with Crippen LogP contribution in [0.2, 0.25) is 0 Å². The van der Waals surface area contributed by atoms with Crippen LogP contribution in [0, 0.1) is 0 Å². The molecule has 0 rings (SSSR count). The highest BCUT2D eigenvalue weighted by molar-refractivity contribution is 4.81. The van der Waals surface area contributed by atoms with E-state index in [1.165, 1.54) is 0 Å². The largest absolute Gasteiger partial charge is 0.394 e. The molecule has 0 saturated carbocycles. The number of hydrogen-bond acceptors (Lipinski definition) is 4. The van der Waals surface area contributed by atoms with Crippen LogP contribution in [0.4, 0.5) is 0 Å². The average Bonchev–Trinajstić information content (AvgIpc) is 2.18. The fourth-order valence-electron chi connectivity index (χ4n) is 1.42. The Morgan fingerprint density at radius 2 is 2.13 bits per heavy atom. The van der Waals surface area contributed by atoms with Crippen molar-refractivity contribution in [1.29, 1.82) is 0 Å². The maximum Gasteiger partial charge on any atom is 0.0780 e. The molecule has 2 atom stereocenters. The van der Waals surface area contributed by atoms with Gasteiger partial charge in [-0.1, -0.05) is 6.92 Å². The van der Waals surface area contributed by atoms with Gasteiger partial charge < -0.3 is 19.9 Å². The summed E-state index contributed by atoms with van der Waals surface area (Å²) in [6.45, 7) is 8.23. The van der Waals surface area contributed by atoms with Gasteiger partial charge >= 0.3 is 0 Å². The molecule has 2 N–H and O–H groups in total. The standard InChI is InChI=1S/C11H25NO3/c1-5-12-11(3,9-13)6-7-15-10(2)8-14-4/h10,12-13H,5-9H2,1-4H3. The number of rotatable bonds is 9. The number of nitrogens with one attached hydrogen (secondary N) is 1. The second-order valence-electron chi connectivity index (χ2n) is 4.14. The first kappa shape index (κ1) is 14.8. The fraction of sp³-hybridized carbons (Fsp3) is 1.00. The first-order valence-corrected chi connectivity index (χ1v) is 5.54. The fourth-order valence-corrected chi connectivity index (χ4v) is 1.42. The summed E-state index contributed by atoms with van der Waals surface area (Å²) in [5.74, 6) is 0. The predicted octanol–water partition coefficient (Wildman–Crippen LogP) is 0.788. The van der Waals surface area contributed by atoms with Crippen molar-refractivity contribution in [2.24, 2.45) is 0 Å². The van der Waals surface area contributed by atoms with Crippen molar-refractivity contribution < 1.29 is 14.6 Å². The van der Waals surface area contributed by atoms with Gasteiger partial charge in [0.2, 0.25) is 0 Å². The molecule has 0 aromatic rings. The van der Waals surface area contributed by atoms with Crippen molar-refractivity contribution >= 4 is 0 Å². The van der Waals surface area contributed by atoms with E-state index in [1.807, 2.05) is 20.8 Å². The Kier molecular flexibility index (Phi) is 7.96. The molecular formula is C11H25NO3. The van der Waals surface area contributed by atoms with Crippen LogP contribution in [-0.2, 0) is 9.47 Å². The van der Waals surface area contributed by atoms with Gasteiger partial charge in [-0.3, -0.25) is 0 Å². The normalized spacial score (nSPS) is 17.4. The molecule has 0 fully saturated rings. The zero-order valence-electron chi connectivity index (χ0n) is 10.4. The van der Waals surface area contributed by atoms with Crippen LogP contribution in [0.15, 0.2) is 0 Å². The van der Waals surface area contributed by atoms with Gasteiger partial charge in [0.05, 0.1) is 19.3 Å². The minimum atomic E-state index is -0.235. The van der Waals surface area contributed by atoms with Crippen LogP contribution in [0.1, 0.15) is 27.2 Å². The van der Waals surface area contributed by atoms with Crippen LogP contribution >= 0.6 is 0 Å². The highest BCUT2D eigenvalue weighted by atomic mass is 16.5. The monoisotopic (exact) mass is 219 g/mol. The van der Waals surface area contributed by atoms with Gasteiger partial charge in [-0.25, -0.2) is 0 Å². The lowest BCUT2D eigenvalue weighted by Crippen LogP contribution is -2.46. The highest BCUT2D eigenvalue weighted by Gasteiger charge is 2.21. The van der Waals surface area contributed by atoms with E-state index in [0.29, 0.717) is 13.2 Å². The van der Waals surface area contributed by atoms with Crippen molar-refractivity contribution in [1.82, 2.24) is 5.32 Å². The van der Waals surface area contributed by atoms with Crippen molar-refractivity contribution in [2.45, 2.75) is 38.8 Å². The molecule has 0 bridgehead atoms. The summed E-state index contributed by atoms with van der Waals surface area (Å²) in [7, 11) is 1.66. The average molecular weight is 219 g/mol. The maximum absolute atomic E-state index is 9.24. The second-order valence-corrected chi connectivity index (χ2v) is 4.14. The minimum absolute atomic E-state index is 0.111. The lowest BCUT2D eigenvalue weighted by atomic mass is 10.00. The van der Waals surface area contributed by atoms with E-state index < -0.39 is 0 Å². The first-order valence-electron chi connectivity index (χ1n) is 5.54. The van der Waals surface area contributed by atoms with Gasteiger partial charge in [-0.2, -0.15) is 0 Å². The molecule has 15 heavy (non-hydrogen) atoms. The molecule has 0 radical (unpaired) electrons. The number of aliphatic hydroxyl groups is 1. The second kappa shape index (κ2) is 8.05. The Morgan fingerprint density at radius 3 is 2.60 bits per heavy atom. The lowest BCUT2D eigenvalue weighted by Gasteiger charge is -2.28. The lowest BCUT2D eigenvalue weighted by molar-refractivity contribution is -0.00288. The Morgan fingerprint density at radius 1 is 1.47 bits per heavy atom. The number of methoxy groups -OCH3 is 1. The summed E-state index contributed by atoms with van der Waals surface area (Å²) >= 11 is 0. The van der Waals surface area contributed by atoms with Gasteiger partial charge in [0.15, 0.2) is 0 Å². The molecule has 4 heteroatoms. The van der Waals surface area contributed by atoms with Crippen molar-refractivity contribution in [3.63, 3.8) is 0 Å². The molecule has 0 aliphatic rings. The molecule has 0 amide bonds. The van der Waals surface area contributed by atoms with Gasteiger partial charge in [-0.05, 0) is 26.8 Å². The van der Waals surface area contributed by atoms with Crippen molar-refractivity contribution in [3.05, 3.63) is 0 Å². The van der Waals surface area contributed by atoms with E-state index in [0.717, 1.165) is 13.0 Å².